The van der Waals surface area contributed by atoms with Gasteiger partial charge in [-0.25, -0.2) is 4.98 Å². The average molecular weight is 270 g/mol. The highest BCUT2D eigenvalue weighted by Gasteiger charge is 2.42. The van der Waals surface area contributed by atoms with E-state index in [1.165, 1.54) is 6.42 Å². The fraction of sp³-hybridized carbons (Fsp3) is 0.467. The molecule has 1 amide bonds. The predicted molar refractivity (Wildman–Crippen MR) is 76.5 cm³/mol. The molecule has 1 atom stereocenters. The highest BCUT2D eigenvalue weighted by atomic mass is 16.2. The molecule has 2 aliphatic heterocycles. The minimum Gasteiger partial charge on any atom is -0.345 e. The lowest BCUT2D eigenvalue weighted by Gasteiger charge is -2.22. The number of hydrogen-bond donors (Lipinski definition) is 2. The van der Waals surface area contributed by atoms with Crippen LogP contribution in [0.5, 0.6) is 0 Å². The average Bonchev–Trinajstić information content (AvgIpc) is 3.20. The predicted octanol–water partition coefficient (Wildman–Crippen LogP) is 1.39. The van der Waals surface area contributed by atoms with E-state index >= 15 is 0 Å². The number of hydrogen-bond acceptors (Lipinski definition) is 3. The number of H-pyrrole nitrogens is 1. The van der Waals surface area contributed by atoms with Gasteiger partial charge in [-0.05, 0) is 31.5 Å². The van der Waals surface area contributed by atoms with Crippen LogP contribution in [-0.2, 0) is 0 Å². The molecule has 2 aromatic rings. The summed E-state index contributed by atoms with van der Waals surface area (Å²) in [5.41, 5.74) is 1.85. The Hall–Kier alpha value is -1.88. The number of rotatable bonds is 1. The number of carbonyl (C=O) groups is 1. The van der Waals surface area contributed by atoms with Gasteiger partial charge in [-0.3, -0.25) is 4.79 Å². The normalized spacial score (nSPS) is 25.9. The van der Waals surface area contributed by atoms with E-state index in [9.17, 15) is 4.79 Å². The number of carbonyl (C=O) groups excluding carboxylic acids is 1. The van der Waals surface area contributed by atoms with Crippen LogP contribution in [0.2, 0.25) is 0 Å². The molecule has 5 heteroatoms. The number of aromatic amines is 1. The van der Waals surface area contributed by atoms with E-state index in [1.807, 2.05) is 17.0 Å². The third-order valence-electron chi connectivity index (χ3n) is 4.74. The molecule has 4 heterocycles. The molecule has 2 aromatic heterocycles. The summed E-state index contributed by atoms with van der Waals surface area (Å²) in [4.78, 5) is 22.1. The van der Waals surface area contributed by atoms with Crippen LogP contribution in [0.1, 0.15) is 23.2 Å². The van der Waals surface area contributed by atoms with Gasteiger partial charge in [-0.1, -0.05) is 0 Å². The van der Waals surface area contributed by atoms with Gasteiger partial charge >= 0.3 is 0 Å². The van der Waals surface area contributed by atoms with E-state index in [2.05, 4.69) is 15.3 Å². The standard InChI is InChI=1S/C15H18N4O/c20-14(12-8-18-13-11(12)2-1-5-17-13)19-7-4-15(10-19)3-6-16-9-15/h1-2,5,8,16H,3-4,6-7,9-10H2,(H,17,18). The van der Waals surface area contributed by atoms with Crippen molar-refractivity contribution in [1.29, 1.82) is 0 Å². The van der Waals surface area contributed by atoms with Crippen molar-refractivity contribution in [2.24, 2.45) is 5.41 Å². The zero-order valence-electron chi connectivity index (χ0n) is 11.4. The van der Waals surface area contributed by atoms with Crippen LogP contribution in [0.3, 0.4) is 0 Å². The van der Waals surface area contributed by atoms with Gasteiger partial charge in [0.2, 0.25) is 0 Å². The van der Waals surface area contributed by atoms with Crippen molar-refractivity contribution in [3.05, 3.63) is 30.1 Å². The fourth-order valence-electron chi connectivity index (χ4n) is 3.56. The summed E-state index contributed by atoms with van der Waals surface area (Å²) in [5, 5.41) is 4.34. The molecule has 0 saturated carbocycles. The van der Waals surface area contributed by atoms with Crippen LogP contribution in [0.4, 0.5) is 0 Å². The molecule has 0 aromatic carbocycles. The van der Waals surface area contributed by atoms with Crippen LogP contribution < -0.4 is 5.32 Å². The van der Waals surface area contributed by atoms with E-state index in [0.29, 0.717) is 5.41 Å². The van der Waals surface area contributed by atoms with Crippen LogP contribution in [-0.4, -0.2) is 47.0 Å². The lowest BCUT2D eigenvalue weighted by molar-refractivity contribution is 0.0777. The minimum absolute atomic E-state index is 0.132. The summed E-state index contributed by atoms with van der Waals surface area (Å²) in [5.74, 6) is 0.132. The fourth-order valence-corrected chi connectivity index (χ4v) is 3.56. The Balaban J connectivity index is 1.62. The molecule has 1 unspecified atom stereocenters. The Labute approximate surface area is 117 Å². The summed E-state index contributed by atoms with van der Waals surface area (Å²) in [6.07, 6.45) is 5.83. The maximum absolute atomic E-state index is 12.7. The number of likely N-dealkylation sites (tertiary alicyclic amines) is 1. The van der Waals surface area contributed by atoms with Gasteiger partial charge in [0, 0.05) is 42.8 Å². The minimum atomic E-state index is 0.132. The van der Waals surface area contributed by atoms with Gasteiger partial charge < -0.3 is 15.2 Å². The van der Waals surface area contributed by atoms with Gasteiger partial charge in [0.15, 0.2) is 0 Å². The van der Waals surface area contributed by atoms with Gasteiger partial charge in [-0.15, -0.1) is 0 Å². The molecular formula is C15H18N4O. The Bertz CT molecular complexity index is 657. The third-order valence-corrected chi connectivity index (χ3v) is 4.74. The van der Waals surface area contributed by atoms with Crippen molar-refractivity contribution < 1.29 is 4.79 Å². The van der Waals surface area contributed by atoms with Gasteiger partial charge in [0.1, 0.15) is 5.65 Å². The highest BCUT2D eigenvalue weighted by Crippen LogP contribution is 2.36. The molecular weight excluding hydrogens is 252 g/mol. The largest absolute Gasteiger partial charge is 0.345 e. The molecule has 20 heavy (non-hydrogen) atoms. The maximum atomic E-state index is 12.7. The first-order valence-electron chi connectivity index (χ1n) is 7.20. The maximum Gasteiger partial charge on any atom is 0.256 e. The second kappa shape index (κ2) is 4.31. The molecule has 4 rings (SSSR count). The first-order valence-corrected chi connectivity index (χ1v) is 7.20. The monoisotopic (exact) mass is 270 g/mol. The molecule has 1 spiro atoms. The van der Waals surface area contributed by atoms with Crippen molar-refractivity contribution in [2.75, 3.05) is 26.2 Å². The smallest absolute Gasteiger partial charge is 0.256 e. The topological polar surface area (TPSA) is 61.0 Å². The molecule has 2 N–H and O–H groups in total. The Morgan fingerprint density at radius 2 is 2.35 bits per heavy atom. The van der Waals surface area contributed by atoms with Crippen LogP contribution in [0, 0.1) is 5.41 Å². The van der Waals surface area contributed by atoms with Crippen LogP contribution in [0.25, 0.3) is 11.0 Å². The highest BCUT2D eigenvalue weighted by molar-refractivity contribution is 6.05. The molecule has 0 radical (unpaired) electrons. The van der Waals surface area contributed by atoms with E-state index in [4.69, 9.17) is 0 Å². The third kappa shape index (κ3) is 1.73. The quantitative estimate of drug-likeness (QED) is 0.823. The Morgan fingerprint density at radius 3 is 3.20 bits per heavy atom. The van der Waals surface area contributed by atoms with Gasteiger partial charge in [0.05, 0.1) is 5.56 Å². The summed E-state index contributed by atoms with van der Waals surface area (Å²) in [6, 6.07) is 3.83. The van der Waals surface area contributed by atoms with Gasteiger partial charge in [-0.2, -0.15) is 0 Å². The number of nitrogens with zero attached hydrogens (tertiary/aromatic N) is 2. The first kappa shape index (κ1) is 11.9. The molecule has 2 saturated heterocycles. The van der Waals surface area contributed by atoms with E-state index in [-0.39, 0.29) is 5.91 Å². The van der Waals surface area contributed by atoms with Crippen molar-refractivity contribution in [1.82, 2.24) is 20.2 Å². The number of amides is 1. The summed E-state index contributed by atoms with van der Waals surface area (Å²) in [7, 11) is 0. The number of pyridine rings is 1. The lowest BCUT2D eigenvalue weighted by atomic mass is 9.86. The van der Waals surface area contributed by atoms with Crippen molar-refractivity contribution in [2.45, 2.75) is 12.8 Å². The Morgan fingerprint density at radius 1 is 1.40 bits per heavy atom. The summed E-state index contributed by atoms with van der Waals surface area (Å²) >= 11 is 0. The van der Waals surface area contributed by atoms with E-state index < -0.39 is 0 Å². The second-order valence-electron chi connectivity index (χ2n) is 6.01. The van der Waals surface area contributed by atoms with Crippen LogP contribution in [0.15, 0.2) is 24.5 Å². The summed E-state index contributed by atoms with van der Waals surface area (Å²) < 4.78 is 0. The van der Waals surface area contributed by atoms with Gasteiger partial charge in [0.25, 0.3) is 5.91 Å². The zero-order valence-corrected chi connectivity index (χ0v) is 11.4. The number of nitrogens with one attached hydrogen (secondary N) is 2. The molecule has 104 valence electrons. The SMILES string of the molecule is O=C(c1c[nH]c2ncccc12)N1CCC2(CCNC2)C1. The first-order chi connectivity index (χ1) is 9.77. The van der Waals surface area contributed by atoms with Crippen molar-refractivity contribution in [3.8, 4) is 0 Å². The molecule has 2 aliphatic rings. The molecule has 2 fully saturated rings. The number of fused-ring (bicyclic) bond motifs is 1. The molecule has 0 aliphatic carbocycles. The van der Waals surface area contributed by atoms with Crippen LogP contribution >= 0.6 is 0 Å². The van der Waals surface area contributed by atoms with Crippen molar-refractivity contribution >= 4 is 16.9 Å². The number of aromatic nitrogens is 2. The molecule has 0 bridgehead atoms. The zero-order chi connectivity index (χ0) is 13.6. The second-order valence-corrected chi connectivity index (χ2v) is 6.01. The van der Waals surface area contributed by atoms with E-state index in [0.717, 1.165) is 49.2 Å². The van der Waals surface area contributed by atoms with Crippen molar-refractivity contribution in [3.63, 3.8) is 0 Å². The Kier molecular flexibility index (Phi) is 2.57. The van der Waals surface area contributed by atoms with E-state index in [1.54, 1.807) is 12.4 Å². The lowest BCUT2D eigenvalue weighted by Crippen LogP contribution is -2.33. The summed E-state index contributed by atoms with van der Waals surface area (Å²) in [6.45, 7) is 3.88. The molecule has 5 nitrogen and oxygen atoms in total.